The number of hydrogen-bond acceptors (Lipinski definition) is 4. The Morgan fingerprint density at radius 1 is 1.35 bits per heavy atom. The molecule has 5 heteroatoms. The summed E-state index contributed by atoms with van der Waals surface area (Å²) in [6.07, 6.45) is 1.76. The van der Waals surface area contributed by atoms with Gasteiger partial charge in [-0.1, -0.05) is 41.0 Å². The fraction of sp³-hybridized carbons (Fsp3) is 0.250. The van der Waals surface area contributed by atoms with Crippen LogP contribution in [0, 0.1) is 6.92 Å². The average Bonchev–Trinajstić information content (AvgIpc) is 2.77. The standard InChI is InChI=1S/C12H15N5/c1-3-8-17-12(14-15-16-17)13-9-11-6-4-10(2)5-7-11/h3-7H,1,8-9H2,2H3,(H,13,14,16). The molecule has 2 rings (SSSR count). The molecule has 1 N–H and O–H groups in total. The van der Waals surface area contributed by atoms with Crippen molar-refractivity contribution in [2.24, 2.45) is 0 Å². The number of aromatic nitrogens is 4. The second-order valence-electron chi connectivity index (χ2n) is 3.81. The lowest BCUT2D eigenvalue weighted by Crippen LogP contribution is -2.08. The monoisotopic (exact) mass is 229 g/mol. The number of benzene rings is 1. The maximum atomic E-state index is 3.91. The van der Waals surface area contributed by atoms with Crippen molar-refractivity contribution in [1.82, 2.24) is 20.2 Å². The molecular formula is C12H15N5. The molecule has 88 valence electrons. The molecule has 2 aromatic rings. The molecule has 1 aromatic carbocycles. The van der Waals surface area contributed by atoms with E-state index in [2.05, 4.69) is 58.6 Å². The van der Waals surface area contributed by atoms with E-state index in [1.54, 1.807) is 10.8 Å². The van der Waals surface area contributed by atoms with E-state index >= 15 is 0 Å². The molecule has 5 nitrogen and oxygen atoms in total. The molecule has 17 heavy (non-hydrogen) atoms. The third kappa shape index (κ3) is 2.90. The Labute approximate surface area is 100 Å². The lowest BCUT2D eigenvalue weighted by molar-refractivity contribution is 0.663. The lowest BCUT2D eigenvalue weighted by atomic mass is 10.1. The largest absolute Gasteiger partial charge is 0.349 e. The van der Waals surface area contributed by atoms with Gasteiger partial charge in [0.25, 0.3) is 0 Å². The van der Waals surface area contributed by atoms with Gasteiger partial charge in [-0.3, -0.25) is 0 Å². The second-order valence-corrected chi connectivity index (χ2v) is 3.81. The molecule has 1 heterocycles. The van der Waals surface area contributed by atoms with Gasteiger partial charge in [-0.05, 0) is 22.9 Å². The van der Waals surface area contributed by atoms with E-state index in [1.165, 1.54) is 11.1 Å². The van der Waals surface area contributed by atoms with Crippen LogP contribution < -0.4 is 5.32 Å². The van der Waals surface area contributed by atoms with Gasteiger partial charge in [0.15, 0.2) is 0 Å². The summed E-state index contributed by atoms with van der Waals surface area (Å²) in [6.45, 7) is 7.04. The molecule has 0 saturated heterocycles. The highest BCUT2D eigenvalue weighted by molar-refractivity contribution is 5.28. The molecule has 0 amide bonds. The van der Waals surface area contributed by atoms with Crippen LogP contribution in [-0.2, 0) is 13.1 Å². The van der Waals surface area contributed by atoms with Crippen LogP contribution in [0.2, 0.25) is 0 Å². The number of allylic oxidation sites excluding steroid dienone is 1. The molecule has 0 bridgehead atoms. The minimum atomic E-state index is 0.600. The molecule has 0 saturated carbocycles. The lowest BCUT2D eigenvalue weighted by Gasteiger charge is -2.05. The molecule has 1 aromatic heterocycles. The quantitative estimate of drug-likeness (QED) is 0.794. The maximum Gasteiger partial charge on any atom is 0.243 e. The van der Waals surface area contributed by atoms with E-state index < -0.39 is 0 Å². The Kier molecular flexibility index (Phi) is 3.49. The van der Waals surface area contributed by atoms with Gasteiger partial charge >= 0.3 is 0 Å². The van der Waals surface area contributed by atoms with Crippen LogP contribution in [0.25, 0.3) is 0 Å². The molecule has 0 spiro atoms. The Bertz CT molecular complexity index is 486. The molecule has 0 aliphatic heterocycles. The van der Waals surface area contributed by atoms with Crippen LogP contribution in [-0.4, -0.2) is 20.2 Å². The smallest absolute Gasteiger partial charge is 0.243 e. The van der Waals surface area contributed by atoms with Crippen molar-refractivity contribution in [3.63, 3.8) is 0 Å². The zero-order valence-corrected chi connectivity index (χ0v) is 9.80. The van der Waals surface area contributed by atoms with Gasteiger partial charge in [0.1, 0.15) is 0 Å². The van der Waals surface area contributed by atoms with Crippen LogP contribution in [0.5, 0.6) is 0 Å². The van der Waals surface area contributed by atoms with Crippen molar-refractivity contribution in [2.75, 3.05) is 5.32 Å². The number of aryl methyl sites for hydroxylation is 1. The van der Waals surface area contributed by atoms with Gasteiger partial charge in [-0.25, -0.2) is 4.68 Å². The summed E-state index contributed by atoms with van der Waals surface area (Å²) in [4.78, 5) is 0. The Morgan fingerprint density at radius 2 is 2.12 bits per heavy atom. The Morgan fingerprint density at radius 3 is 2.82 bits per heavy atom. The number of anilines is 1. The molecular weight excluding hydrogens is 214 g/mol. The predicted molar refractivity (Wildman–Crippen MR) is 66.5 cm³/mol. The number of rotatable bonds is 5. The normalized spacial score (nSPS) is 10.2. The predicted octanol–water partition coefficient (Wildman–Crippen LogP) is 1.78. The summed E-state index contributed by atoms with van der Waals surface area (Å²) in [5.41, 5.74) is 2.45. The number of nitrogens with one attached hydrogen (secondary N) is 1. The van der Waals surface area contributed by atoms with Gasteiger partial charge in [-0.2, -0.15) is 0 Å². The first kappa shape index (κ1) is 11.3. The highest BCUT2D eigenvalue weighted by Crippen LogP contribution is 2.06. The van der Waals surface area contributed by atoms with Crippen molar-refractivity contribution in [1.29, 1.82) is 0 Å². The van der Waals surface area contributed by atoms with Crippen LogP contribution in [0.3, 0.4) is 0 Å². The molecule has 0 aliphatic rings. The van der Waals surface area contributed by atoms with Gasteiger partial charge in [-0.15, -0.1) is 6.58 Å². The first-order chi connectivity index (χ1) is 8.29. The highest BCUT2D eigenvalue weighted by atomic mass is 15.6. The van der Waals surface area contributed by atoms with Crippen molar-refractivity contribution in [3.8, 4) is 0 Å². The number of nitrogens with zero attached hydrogens (tertiary/aromatic N) is 4. The van der Waals surface area contributed by atoms with E-state index in [0.29, 0.717) is 19.0 Å². The first-order valence-corrected chi connectivity index (χ1v) is 5.46. The van der Waals surface area contributed by atoms with Crippen LogP contribution in [0.15, 0.2) is 36.9 Å². The van der Waals surface area contributed by atoms with Crippen molar-refractivity contribution in [3.05, 3.63) is 48.0 Å². The summed E-state index contributed by atoms with van der Waals surface area (Å²) < 4.78 is 1.67. The SMILES string of the molecule is C=CCn1nnnc1NCc1ccc(C)cc1. The van der Waals surface area contributed by atoms with E-state index in [0.717, 1.165) is 0 Å². The second kappa shape index (κ2) is 5.25. The summed E-state index contributed by atoms with van der Waals surface area (Å²) in [5, 5.41) is 14.6. The Balaban J connectivity index is 1.99. The molecule has 0 atom stereocenters. The van der Waals surface area contributed by atoms with Crippen LogP contribution in [0.1, 0.15) is 11.1 Å². The zero-order valence-electron chi connectivity index (χ0n) is 9.80. The molecule has 0 radical (unpaired) electrons. The third-order valence-corrected chi connectivity index (χ3v) is 2.41. The molecule has 0 fully saturated rings. The van der Waals surface area contributed by atoms with E-state index in [9.17, 15) is 0 Å². The third-order valence-electron chi connectivity index (χ3n) is 2.41. The number of tetrazole rings is 1. The summed E-state index contributed by atoms with van der Waals surface area (Å²) >= 11 is 0. The first-order valence-electron chi connectivity index (χ1n) is 5.46. The van der Waals surface area contributed by atoms with Gasteiger partial charge < -0.3 is 5.32 Å². The van der Waals surface area contributed by atoms with Gasteiger partial charge in [0.2, 0.25) is 5.95 Å². The minimum Gasteiger partial charge on any atom is -0.349 e. The van der Waals surface area contributed by atoms with Crippen LogP contribution in [0.4, 0.5) is 5.95 Å². The fourth-order valence-corrected chi connectivity index (χ4v) is 1.46. The average molecular weight is 229 g/mol. The number of hydrogen-bond donors (Lipinski definition) is 1. The molecule has 0 aliphatic carbocycles. The van der Waals surface area contributed by atoms with Gasteiger partial charge in [0, 0.05) is 6.54 Å². The highest BCUT2D eigenvalue weighted by Gasteiger charge is 2.03. The summed E-state index contributed by atoms with van der Waals surface area (Å²) in [5.74, 6) is 0.658. The fourth-order valence-electron chi connectivity index (χ4n) is 1.46. The molecule has 0 unspecified atom stereocenters. The summed E-state index contributed by atoms with van der Waals surface area (Å²) in [6, 6.07) is 8.35. The summed E-state index contributed by atoms with van der Waals surface area (Å²) in [7, 11) is 0. The Hall–Kier alpha value is -2.17. The zero-order chi connectivity index (χ0) is 12.1. The van der Waals surface area contributed by atoms with E-state index in [1.807, 2.05) is 0 Å². The maximum absolute atomic E-state index is 3.91. The minimum absolute atomic E-state index is 0.600. The van der Waals surface area contributed by atoms with Crippen molar-refractivity contribution in [2.45, 2.75) is 20.0 Å². The van der Waals surface area contributed by atoms with E-state index in [-0.39, 0.29) is 0 Å². The van der Waals surface area contributed by atoms with Crippen molar-refractivity contribution < 1.29 is 0 Å². The topological polar surface area (TPSA) is 55.6 Å². The van der Waals surface area contributed by atoms with Crippen molar-refractivity contribution >= 4 is 5.95 Å². The van der Waals surface area contributed by atoms with Gasteiger partial charge in [0.05, 0.1) is 6.54 Å². The van der Waals surface area contributed by atoms with E-state index in [4.69, 9.17) is 0 Å². The van der Waals surface area contributed by atoms with Crippen LogP contribution >= 0.6 is 0 Å².